The van der Waals surface area contributed by atoms with E-state index < -0.39 is 0 Å². The second-order valence-electron chi connectivity index (χ2n) is 5.99. The molecular weight excluding hydrogens is 314 g/mol. The molecule has 6 nitrogen and oxygen atoms in total. The van der Waals surface area contributed by atoms with Crippen LogP contribution >= 0.6 is 0 Å². The van der Waals surface area contributed by atoms with Gasteiger partial charge in [0, 0.05) is 30.8 Å². The summed E-state index contributed by atoms with van der Waals surface area (Å²) in [6.07, 6.45) is 0.492. The number of aromatic nitrogens is 3. The van der Waals surface area contributed by atoms with E-state index in [0.29, 0.717) is 25.3 Å². The molecule has 1 aromatic carbocycles. The molecule has 2 aromatic heterocycles. The van der Waals surface area contributed by atoms with Crippen molar-refractivity contribution in [1.82, 2.24) is 20.3 Å². The minimum atomic E-state index is 0.0493. The van der Waals surface area contributed by atoms with Crippen molar-refractivity contribution in [2.24, 2.45) is 0 Å². The number of nitrogens with zero attached hydrogens (tertiary/aromatic N) is 2. The Balaban J connectivity index is 1.92. The van der Waals surface area contributed by atoms with Crippen LogP contribution in [-0.4, -0.2) is 33.9 Å². The number of aromatic amines is 1. The standard InChI is InChI=1S/C19H23N5O/c1-4-15(25)20-10-11-21-18-16-12(2)13(3)22-19(16)24-17(23-18)14-8-6-5-7-9-14/h5-9H,4,10-11H2,1-3H3,(H,20,25)(H2,21,22,23,24). The Morgan fingerprint density at radius 2 is 1.88 bits per heavy atom. The van der Waals surface area contributed by atoms with Crippen LogP contribution in [0, 0.1) is 13.8 Å². The zero-order chi connectivity index (χ0) is 17.8. The first kappa shape index (κ1) is 17.0. The van der Waals surface area contributed by atoms with Crippen molar-refractivity contribution in [3.8, 4) is 11.4 Å². The van der Waals surface area contributed by atoms with Crippen molar-refractivity contribution >= 4 is 22.8 Å². The fourth-order valence-corrected chi connectivity index (χ4v) is 2.72. The van der Waals surface area contributed by atoms with E-state index >= 15 is 0 Å². The molecule has 0 bridgehead atoms. The van der Waals surface area contributed by atoms with Gasteiger partial charge in [-0.15, -0.1) is 0 Å². The highest BCUT2D eigenvalue weighted by Crippen LogP contribution is 2.28. The van der Waals surface area contributed by atoms with Crippen LogP contribution in [0.2, 0.25) is 0 Å². The molecule has 0 spiro atoms. The summed E-state index contributed by atoms with van der Waals surface area (Å²) in [6, 6.07) is 9.91. The number of H-pyrrole nitrogens is 1. The van der Waals surface area contributed by atoms with Crippen LogP contribution in [0.25, 0.3) is 22.4 Å². The minimum Gasteiger partial charge on any atom is -0.368 e. The third-order valence-corrected chi connectivity index (χ3v) is 4.25. The van der Waals surface area contributed by atoms with Crippen LogP contribution in [-0.2, 0) is 4.79 Å². The molecule has 0 aliphatic carbocycles. The zero-order valence-corrected chi connectivity index (χ0v) is 14.8. The van der Waals surface area contributed by atoms with E-state index in [9.17, 15) is 4.79 Å². The van der Waals surface area contributed by atoms with Gasteiger partial charge in [-0.2, -0.15) is 0 Å². The Hall–Kier alpha value is -2.89. The SMILES string of the molecule is CCC(=O)NCCNc1nc(-c2ccccc2)nc2[nH]c(C)c(C)c12. The summed E-state index contributed by atoms with van der Waals surface area (Å²) < 4.78 is 0. The average molecular weight is 337 g/mol. The number of fused-ring (bicyclic) bond motifs is 1. The van der Waals surface area contributed by atoms with Crippen LogP contribution in [0.4, 0.5) is 5.82 Å². The highest BCUT2D eigenvalue weighted by Gasteiger charge is 2.14. The third kappa shape index (κ3) is 3.63. The number of aryl methyl sites for hydroxylation is 2. The smallest absolute Gasteiger partial charge is 0.219 e. The number of carbonyl (C=O) groups excluding carboxylic acids is 1. The quantitative estimate of drug-likeness (QED) is 0.603. The fraction of sp³-hybridized carbons (Fsp3) is 0.316. The number of amides is 1. The minimum absolute atomic E-state index is 0.0493. The predicted octanol–water partition coefficient (Wildman–Crippen LogP) is 3.18. The van der Waals surface area contributed by atoms with E-state index in [4.69, 9.17) is 4.98 Å². The summed E-state index contributed by atoms with van der Waals surface area (Å²) in [7, 11) is 0. The molecule has 3 N–H and O–H groups in total. The lowest BCUT2D eigenvalue weighted by Crippen LogP contribution is -2.28. The summed E-state index contributed by atoms with van der Waals surface area (Å²) in [6.45, 7) is 7.10. The number of benzene rings is 1. The first-order chi connectivity index (χ1) is 12.1. The molecular formula is C19H23N5O. The second kappa shape index (κ2) is 7.34. The Kier molecular flexibility index (Phi) is 4.97. The highest BCUT2D eigenvalue weighted by molar-refractivity contribution is 5.92. The van der Waals surface area contributed by atoms with Gasteiger partial charge in [-0.1, -0.05) is 37.3 Å². The third-order valence-electron chi connectivity index (χ3n) is 4.25. The molecule has 3 aromatic rings. The van der Waals surface area contributed by atoms with Crippen LogP contribution in [0.3, 0.4) is 0 Å². The van der Waals surface area contributed by atoms with Crippen molar-refractivity contribution in [3.63, 3.8) is 0 Å². The number of carbonyl (C=O) groups is 1. The molecule has 0 atom stereocenters. The van der Waals surface area contributed by atoms with Gasteiger partial charge in [0.25, 0.3) is 0 Å². The summed E-state index contributed by atoms with van der Waals surface area (Å²) in [5, 5.41) is 7.21. The van der Waals surface area contributed by atoms with Gasteiger partial charge in [0.1, 0.15) is 11.5 Å². The maximum atomic E-state index is 11.4. The van der Waals surface area contributed by atoms with Crippen LogP contribution in [0.15, 0.2) is 30.3 Å². The summed E-state index contributed by atoms with van der Waals surface area (Å²) >= 11 is 0. The lowest BCUT2D eigenvalue weighted by atomic mass is 10.2. The number of anilines is 1. The summed E-state index contributed by atoms with van der Waals surface area (Å²) in [5.41, 5.74) is 4.01. The van der Waals surface area contributed by atoms with E-state index in [1.165, 1.54) is 0 Å². The van der Waals surface area contributed by atoms with Gasteiger partial charge in [0.15, 0.2) is 5.82 Å². The molecule has 6 heteroatoms. The molecule has 130 valence electrons. The lowest BCUT2D eigenvalue weighted by Gasteiger charge is -2.10. The molecule has 0 radical (unpaired) electrons. The molecule has 0 saturated heterocycles. The predicted molar refractivity (Wildman–Crippen MR) is 101 cm³/mol. The highest BCUT2D eigenvalue weighted by atomic mass is 16.1. The Labute approximate surface area is 147 Å². The van der Waals surface area contributed by atoms with Crippen LogP contribution < -0.4 is 10.6 Å². The average Bonchev–Trinajstić information content (AvgIpc) is 2.93. The molecule has 1 amide bonds. The van der Waals surface area contributed by atoms with Crippen molar-refractivity contribution < 1.29 is 4.79 Å². The Bertz CT molecular complexity index is 886. The summed E-state index contributed by atoms with van der Waals surface area (Å²) in [4.78, 5) is 24.1. The molecule has 3 rings (SSSR count). The Morgan fingerprint density at radius 1 is 1.12 bits per heavy atom. The summed E-state index contributed by atoms with van der Waals surface area (Å²) in [5.74, 6) is 1.51. The molecule has 2 heterocycles. The monoisotopic (exact) mass is 337 g/mol. The number of nitrogens with one attached hydrogen (secondary N) is 3. The first-order valence-corrected chi connectivity index (χ1v) is 8.53. The topological polar surface area (TPSA) is 82.7 Å². The zero-order valence-electron chi connectivity index (χ0n) is 14.8. The van der Waals surface area contributed by atoms with Crippen LogP contribution in [0.5, 0.6) is 0 Å². The second-order valence-corrected chi connectivity index (χ2v) is 5.99. The van der Waals surface area contributed by atoms with E-state index in [1.54, 1.807) is 0 Å². The fourth-order valence-electron chi connectivity index (χ4n) is 2.72. The van der Waals surface area contributed by atoms with E-state index in [-0.39, 0.29) is 5.91 Å². The maximum Gasteiger partial charge on any atom is 0.219 e. The van der Waals surface area contributed by atoms with Crippen molar-refractivity contribution in [3.05, 3.63) is 41.6 Å². The lowest BCUT2D eigenvalue weighted by molar-refractivity contribution is -0.120. The maximum absolute atomic E-state index is 11.4. The van der Waals surface area contributed by atoms with Crippen LogP contribution in [0.1, 0.15) is 24.6 Å². The van der Waals surface area contributed by atoms with Gasteiger partial charge in [0.2, 0.25) is 5.91 Å². The van der Waals surface area contributed by atoms with E-state index in [2.05, 4.69) is 27.5 Å². The van der Waals surface area contributed by atoms with E-state index in [0.717, 1.165) is 33.7 Å². The van der Waals surface area contributed by atoms with Gasteiger partial charge in [-0.3, -0.25) is 4.79 Å². The van der Waals surface area contributed by atoms with Crippen molar-refractivity contribution in [1.29, 1.82) is 0 Å². The van der Waals surface area contributed by atoms with Crippen molar-refractivity contribution in [2.75, 3.05) is 18.4 Å². The molecule has 0 saturated carbocycles. The van der Waals surface area contributed by atoms with Crippen molar-refractivity contribution in [2.45, 2.75) is 27.2 Å². The van der Waals surface area contributed by atoms with Gasteiger partial charge in [0.05, 0.1) is 5.39 Å². The number of hydrogen-bond donors (Lipinski definition) is 3. The molecule has 0 aliphatic heterocycles. The van der Waals surface area contributed by atoms with Gasteiger partial charge in [-0.05, 0) is 19.4 Å². The first-order valence-electron chi connectivity index (χ1n) is 8.53. The Morgan fingerprint density at radius 3 is 2.60 bits per heavy atom. The van der Waals surface area contributed by atoms with Gasteiger partial charge < -0.3 is 15.6 Å². The number of hydrogen-bond acceptors (Lipinski definition) is 4. The molecule has 0 aliphatic rings. The van der Waals surface area contributed by atoms with Gasteiger partial charge >= 0.3 is 0 Å². The number of rotatable bonds is 6. The van der Waals surface area contributed by atoms with E-state index in [1.807, 2.05) is 44.2 Å². The molecule has 25 heavy (non-hydrogen) atoms. The van der Waals surface area contributed by atoms with Gasteiger partial charge in [-0.25, -0.2) is 9.97 Å². The molecule has 0 fully saturated rings. The normalized spacial score (nSPS) is 10.8. The largest absolute Gasteiger partial charge is 0.368 e. The molecule has 0 unspecified atom stereocenters.